The Morgan fingerprint density at radius 2 is 2.15 bits per heavy atom. The predicted octanol–water partition coefficient (Wildman–Crippen LogP) is 4.97. The van der Waals surface area contributed by atoms with E-state index in [1.807, 2.05) is 11.3 Å². The Morgan fingerprint density at radius 3 is 2.80 bits per heavy atom. The van der Waals surface area contributed by atoms with Crippen LogP contribution in [0.1, 0.15) is 29.3 Å². The summed E-state index contributed by atoms with van der Waals surface area (Å²) >= 11 is 5.38. The third-order valence-electron chi connectivity index (χ3n) is 3.43. The molecule has 0 aliphatic heterocycles. The summed E-state index contributed by atoms with van der Waals surface area (Å²) in [6.07, 6.45) is 3.45. The molecule has 2 rings (SSSR count). The number of halogens is 1. The Kier molecular flexibility index (Phi) is 6.27. The van der Waals surface area contributed by atoms with Crippen molar-refractivity contribution in [2.24, 2.45) is 0 Å². The Morgan fingerprint density at radius 1 is 1.30 bits per heavy atom. The molecule has 20 heavy (non-hydrogen) atoms. The average molecular weight is 352 g/mol. The molecule has 1 aromatic carbocycles. The Balaban J connectivity index is 1.91. The van der Waals surface area contributed by atoms with Crippen LogP contribution in [-0.4, -0.2) is 12.6 Å². The van der Waals surface area contributed by atoms with Crippen molar-refractivity contribution in [3.05, 3.63) is 56.2 Å². The molecule has 0 saturated carbocycles. The minimum atomic E-state index is 0.561. The lowest BCUT2D eigenvalue weighted by Crippen LogP contribution is -2.31. The molecule has 2 aromatic rings. The van der Waals surface area contributed by atoms with Crippen LogP contribution in [0.5, 0.6) is 0 Å². The monoisotopic (exact) mass is 351 g/mol. The second-order valence-electron chi connectivity index (χ2n) is 5.22. The molecule has 3 heteroatoms. The van der Waals surface area contributed by atoms with Crippen LogP contribution in [0, 0.1) is 6.92 Å². The second-order valence-corrected chi connectivity index (χ2v) is 7.13. The molecule has 0 fully saturated rings. The third-order valence-corrected chi connectivity index (χ3v) is 5.15. The quantitative estimate of drug-likeness (QED) is 0.742. The molecule has 0 spiro atoms. The van der Waals surface area contributed by atoms with Gasteiger partial charge in [0.1, 0.15) is 0 Å². The summed E-state index contributed by atoms with van der Waals surface area (Å²) in [6, 6.07) is 11.6. The topological polar surface area (TPSA) is 12.0 Å². The molecule has 0 aliphatic rings. The van der Waals surface area contributed by atoms with Crippen molar-refractivity contribution in [3.63, 3.8) is 0 Å². The highest BCUT2D eigenvalue weighted by molar-refractivity contribution is 9.10. The molecule has 0 amide bonds. The molecule has 1 unspecified atom stereocenters. The fraction of sp³-hybridized carbons (Fsp3) is 0.412. The molecular formula is C17H22BrNS. The van der Waals surface area contributed by atoms with E-state index in [1.165, 1.54) is 26.9 Å². The van der Waals surface area contributed by atoms with Crippen LogP contribution < -0.4 is 5.32 Å². The Bertz CT molecular complexity index is 535. The zero-order valence-electron chi connectivity index (χ0n) is 12.2. The number of benzene rings is 1. The van der Waals surface area contributed by atoms with Crippen LogP contribution in [0.25, 0.3) is 0 Å². The van der Waals surface area contributed by atoms with E-state index >= 15 is 0 Å². The maximum atomic E-state index is 3.62. The van der Waals surface area contributed by atoms with Crippen molar-refractivity contribution in [2.45, 2.75) is 39.2 Å². The Labute approximate surface area is 134 Å². The number of rotatable bonds is 7. The zero-order chi connectivity index (χ0) is 14.4. The highest BCUT2D eigenvalue weighted by Crippen LogP contribution is 2.22. The first-order valence-electron chi connectivity index (χ1n) is 7.19. The molecule has 0 radical (unpaired) electrons. The predicted molar refractivity (Wildman–Crippen MR) is 92.7 cm³/mol. The van der Waals surface area contributed by atoms with E-state index < -0.39 is 0 Å². The van der Waals surface area contributed by atoms with Crippen molar-refractivity contribution in [3.8, 4) is 0 Å². The summed E-state index contributed by atoms with van der Waals surface area (Å²) in [7, 11) is 0. The van der Waals surface area contributed by atoms with E-state index in [1.54, 1.807) is 0 Å². The fourth-order valence-corrected chi connectivity index (χ4v) is 4.01. The average Bonchev–Trinajstić information content (AvgIpc) is 2.82. The number of hydrogen-bond donors (Lipinski definition) is 1. The first-order valence-corrected chi connectivity index (χ1v) is 8.86. The molecule has 1 atom stereocenters. The van der Waals surface area contributed by atoms with Gasteiger partial charge < -0.3 is 5.32 Å². The molecule has 0 saturated heterocycles. The van der Waals surface area contributed by atoms with Gasteiger partial charge in [-0.25, -0.2) is 0 Å². The van der Waals surface area contributed by atoms with E-state index in [9.17, 15) is 0 Å². The number of thiophene rings is 1. The SMILES string of the molecule is CCNC(CCc1cccc(C)c1)Cc1cc(Br)cs1. The van der Waals surface area contributed by atoms with Gasteiger partial charge in [0.2, 0.25) is 0 Å². The normalized spacial score (nSPS) is 12.6. The molecule has 0 bridgehead atoms. The molecule has 108 valence electrons. The molecule has 0 aliphatic carbocycles. The zero-order valence-corrected chi connectivity index (χ0v) is 14.6. The van der Waals surface area contributed by atoms with Gasteiger partial charge in [0.15, 0.2) is 0 Å². The van der Waals surface area contributed by atoms with Crippen molar-refractivity contribution in [1.29, 1.82) is 0 Å². The van der Waals surface area contributed by atoms with E-state index in [0.29, 0.717) is 6.04 Å². The first-order chi connectivity index (χ1) is 9.67. The van der Waals surface area contributed by atoms with Crippen LogP contribution in [0.2, 0.25) is 0 Å². The fourth-order valence-electron chi connectivity index (χ4n) is 2.48. The summed E-state index contributed by atoms with van der Waals surface area (Å²) in [6.45, 7) is 5.38. The summed E-state index contributed by atoms with van der Waals surface area (Å²) in [5, 5.41) is 5.78. The molecule has 1 nitrogen and oxygen atoms in total. The smallest absolute Gasteiger partial charge is 0.0285 e. The highest BCUT2D eigenvalue weighted by atomic mass is 79.9. The van der Waals surface area contributed by atoms with Gasteiger partial charge in [-0.2, -0.15) is 0 Å². The minimum Gasteiger partial charge on any atom is -0.314 e. The van der Waals surface area contributed by atoms with Gasteiger partial charge in [-0.05, 0) is 60.3 Å². The van der Waals surface area contributed by atoms with E-state index in [0.717, 1.165) is 19.4 Å². The molecule has 1 heterocycles. The van der Waals surface area contributed by atoms with Crippen LogP contribution in [0.3, 0.4) is 0 Å². The molecule has 1 N–H and O–H groups in total. The van der Waals surface area contributed by atoms with Crippen LogP contribution >= 0.6 is 27.3 Å². The van der Waals surface area contributed by atoms with E-state index in [4.69, 9.17) is 0 Å². The van der Waals surface area contributed by atoms with Gasteiger partial charge >= 0.3 is 0 Å². The maximum Gasteiger partial charge on any atom is 0.0285 e. The van der Waals surface area contributed by atoms with Gasteiger partial charge in [-0.1, -0.05) is 36.8 Å². The van der Waals surface area contributed by atoms with Crippen LogP contribution in [0.15, 0.2) is 40.2 Å². The third kappa shape index (κ3) is 5.04. The van der Waals surface area contributed by atoms with Crippen LogP contribution in [-0.2, 0) is 12.8 Å². The standard InChI is InChI=1S/C17H22BrNS/c1-3-19-16(11-17-10-15(18)12-20-17)8-7-14-6-4-5-13(2)9-14/h4-6,9-10,12,16,19H,3,7-8,11H2,1-2H3. The van der Waals surface area contributed by atoms with Crippen molar-refractivity contribution in [1.82, 2.24) is 5.32 Å². The van der Waals surface area contributed by atoms with Crippen molar-refractivity contribution >= 4 is 27.3 Å². The maximum absolute atomic E-state index is 3.62. The lowest BCUT2D eigenvalue weighted by molar-refractivity contribution is 0.493. The first kappa shape index (κ1) is 15.7. The largest absolute Gasteiger partial charge is 0.314 e. The lowest BCUT2D eigenvalue weighted by Gasteiger charge is -2.17. The summed E-state index contributed by atoms with van der Waals surface area (Å²) in [5.74, 6) is 0. The van der Waals surface area contributed by atoms with Gasteiger partial charge in [-0.15, -0.1) is 11.3 Å². The summed E-state index contributed by atoms with van der Waals surface area (Å²) in [5.41, 5.74) is 2.80. The van der Waals surface area contributed by atoms with Crippen LogP contribution in [0.4, 0.5) is 0 Å². The Hall–Kier alpha value is -0.640. The summed E-state index contributed by atoms with van der Waals surface area (Å²) < 4.78 is 1.20. The second kappa shape index (κ2) is 7.96. The van der Waals surface area contributed by atoms with Gasteiger partial charge in [0, 0.05) is 20.8 Å². The molecular weight excluding hydrogens is 330 g/mol. The summed E-state index contributed by atoms with van der Waals surface area (Å²) in [4.78, 5) is 1.45. The highest BCUT2D eigenvalue weighted by Gasteiger charge is 2.10. The van der Waals surface area contributed by atoms with Crippen molar-refractivity contribution in [2.75, 3.05) is 6.54 Å². The molecule has 1 aromatic heterocycles. The number of likely N-dealkylation sites (N-methyl/N-ethyl adjacent to an activating group) is 1. The minimum absolute atomic E-state index is 0.561. The van der Waals surface area contributed by atoms with Crippen molar-refractivity contribution < 1.29 is 0 Å². The number of aryl methyl sites for hydroxylation is 2. The number of nitrogens with one attached hydrogen (secondary N) is 1. The van der Waals surface area contributed by atoms with E-state index in [-0.39, 0.29) is 0 Å². The van der Waals surface area contributed by atoms with Gasteiger partial charge in [-0.3, -0.25) is 0 Å². The van der Waals surface area contributed by atoms with E-state index in [2.05, 4.69) is 70.8 Å². The van der Waals surface area contributed by atoms with Gasteiger partial charge in [0.25, 0.3) is 0 Å². The van der Waals surface area contributed by atoms with Gasteiger partial charge in [0.05, 0.1) is 0 Å². The number of hydrogen-bond acceptors (Lipinski definition) is 2. The lowest BCUT2D eigenvalue weighted by atomic mass is 10.0.